The Labute approximate surface area is 129 Å². The van der Waals surface area contributed by atoms with Crippen LogP contribution in [0, 0.1) is 0 Å². The van der Waals surface area contributed by atoms with Crippen LogP contribution in [0.15, 0.2) is 48.8 Å². The Bertz CT molecular complexity index is 735. The van der Waals surface area contributed by atoms with Gasteiger partial charge in [0.2, 0.25) is 0 Å². The average molecular weight is 320 g/mol. The maximum Gasteiger partial charge on any atom is 0.265 e. The molecule has 0 bridgehead atoms. The molecule has 0 amide bonds. The number of hydrogen-bond acceptors (Lipinski definition) is 3. The predicted octanol–water partition coefficient (Wildman–Crippen LogP) is 2.13. The third-order valence-electron chi connectivity index (χ3n) is 3.10. The highest BCUT2D eigenvalue weighted by atomic mass is 32.2. The molecule has 0 spiro atoms. The second kappa shape index (κ2) is 7.20. The lowest BCUT2D eigenvalue weighted by Crippen LogP contribution is -2.33. The van der Waals surface area contributed by atoms with E-state index in [-0.39, 0.29) is 11.5 Å². The molecule has 0 aliphatic rings. The number of nitrogens with zero attached hydrogens (tertiary/aromatic N) is 1. The van der Waals surface area contributed by atoms with Gasteiger partial charge in [0.1, 0.15) is 12.3 Å². The van der Waals surface area contributed by atoms with Crippen LogP contribution in [0.3, 0.4) is 0 Å². The Balaban J connectivity index is 1.92. The molecule has 0 aliphatic heterocycles. The van der Waals surface area contributed by atoms with E-state index >= 15 is 0 Å². The standard InChI is InChI=1S/C16H17NO4S/c18-16-6-4-14(5-7-16)2-3-15-8-11-17(12-9-15)10-1-13-22(19,20)21/h2-9,11-12H,1,10,13H2,(H,19,20,21)/p+1. The molecule has 1 aromatic carbocycles. The summed E-state index contributed by atoms with van der Waals surface area (Å²) in [6.45, 7) is 0.530. The lowest BCUT2D eigenvalue weighted by atomic mass is 10.1. The van der Waals surface area contributed by atoms with E-state index in [1.54, 1.807) is 12.1 Å². The van der Waals surface area contributed by atoms with E-state index in [9.17, 15) is 13.5 Å². The Morgan fingerprint density at radius 1 is 0.955 bits per heavy atom. The first kappa shape index (κ1) is 16.2. The van der Waals surface area contributed by atoms with Crippen molar-refractivity contribution >= 4 is 22.3 Å². The molecule has 0 aliphatic carbocycles. The third kappa shape index (κ3) is 5.67. The van der Waals surface area contributed by atoms with Gasteiger partial charge in [-0.2, -0.15) is 8.42 Å². The van der Waals surface area contributed by atoms with Crippen molar-refractivity contribution in [1.29, 1.82) is 0 Å². The van der Waals surface area contributed by atoms with Gasteiger partial charge in [0.15, 0.2) is 12.4 Å². The van der Waals surface area contributed by atoms with E-state index in [0.717, 1.165) is 11.1 Å². The Hall–Kier alpha value is -2.18. The van der Waals surface area contributed by atoms with Crippen LogP contribution in [0.25, 0.3) is 12.2 Å². The molecule has 0 atom stereocenters. The van der Waals surface area contributed by atoms with Gasteiger partial charge in [-0.05, 0) is 23.3 Å². The van der Waals surface area contributed by atoms with Crippen LogP contribution in [0.2, 0.25) is 0 Å². The first-order valence-corrected chi connectivity index (χ1v) is 8.45. The number of aryl methyl sites for hydroxylation is 1. The van der Waals surface area contributed by atoms with Gasteiger partial charge in [-0.15, -0.1) is 0 Å². The van der Waals surface area contributed by atoms with Crippen LogP contribution in [-0.2, 0) is 16.7 Å². The van der Waals surface area contributed by atoms with Gasteiger partial charge >= 0.3 is 0 Å². The summed E-state index contributed by atoms with van der Waals surface area (Å²) in [6, 6.07) is 10.8. The molecule has 0 saturated heterocycles. The van der Waals surface area contributed by atoms with Crippen LogP contribution < -0.4 is 4.57 Å². The molecule has 2 aromatic rings. The zero-order valence-electron chi connectivity index (χ0n) is 12.0. The van der Waals surface area contributed by atoms with Crippen molar-refractivity contribution in [1.82, 2.24) is 0 Å². The van der Waals surface area contributed by atoms with Crippen molar-refractivity contribution in [3.8, 4) is 5.75 Å². The number of benzene rings is 1. The lowest BCUT2D eigenvalue weighted by Gasteiger charge is -1.98. The number of phenolic OH excluding ortho intramolecular Hbond substituents is 1. The minimum Gasteiger partial charge on any atom is -0.508 e. The summed E-state index contributed by atoms with van der Waals surface area (Å²) in [4.78, 5) is 0. The van der Waals surface area contributed by atoms with Gasteiger partial charge in [-0.1, -0.05) is 24.3 Å². The molecular formula is C16H18NO4S+. The molecule has 0 saturated carbocycles. The fraction of sp³-hybridized carbons (Fsp3) is 0.188. The van der Waals surface area contributed by atoms with Crippen molar-refractivity contribution in [2.24, 2.45) is 0 Å². The Kier molecular flexibility index (Phi) is 5.30. The van der Waals surface area contributed by atoms with E-state index in [4.69, 9.17) is 4.55 Å². The molecule has 116 valence electrons. The topological polar surface area (TPSA) is 78.5 Å². The van der Waals surface area contributed by atoms with Crippen LogP contribution in [-0.4, -0.2) is 23.8 Å². The van der Waals surface area contributed by atoms with E-state index in [2.05, 4.69) is 0 Å². The molecule has 0 radical (unpaired) electrons. The average Bonchev–Trinajstić information content (AvgIpc) is 2.47. The summed E-state index contributed by atoms with van der Waals surface area (Å²) in [5.74, 6) is 0.00508. The van der Waals surface area contributed by atoms with Crippen molar-refractivity contribution in [3.05, 3.63) is 59.9 Å². The molecule has 0 unspecified atom stereocenters. The van der Waals surface area contributed by atoms with Gasteiger partial charge in [-0.3, -0.25) is 4.55 Å². The number of pyridine rings is 1. The number of aromatic hydroxyl groups is 1. The van der Waals surface area contributed by atoms with Gasteiger partial charge in [0.05, 0.1) is 5.75 Å². The molecule has 2 N–H and O–H groups in total. The van der Waals surface area contributed by atoms with Crippen LogP contribution in [0.4, 0.5) is 0 Å². The Morgan fingerprint density at radius 3 is 2.05 bits per heavy atom. The van der Waals surface area contributed by atoms with Gasteiger partial charge < -0.3 is 5.11 Å². The monoisotopic (exact) mass is 320 g/mol. The minimum absolute atomic E-state index is 0.234. The van der Waals surface area contributed by atoms with E-state index in [0.29, 0.717) is 13.0 Å². The largest absolute Gasteiger partial charge is 0.508 e. The van der Waals surface area contributed by atoms with Crippen LogP contribution in [0.5, 0.6) is 5.75 Å². The van der Waals surface area contributed by atoms with Crippen molar-refractivity contribution < 1.29 is 22.6 Å². The normalized spacial score (nSPS) is 11.9. The first-order valence-electron chi connectivity index (χ1n) is 6.84. The second-order valence-electron chi connectivity index (χ2n) is 4.93. The van der Waals surface area contributed by atoms with E-state index in [1.165, 1.54) is 0 Å². The fourth-order valence-electron chi connectivity index (χ4n) is 1.94. The van der Waals surface area contributed by atoms with Crippen LogP contribution >= 0.6 is 0 Å². The first-order chi connectivity index (χ1) is 10.4. The summed E-state index contributed by atoms with van der Waals surface area (Å²) in [5, 5.41) is 9.21. The Morgan fingerprint density at radius 2 is 1.50 bits per heavy atom. The van der Waals surface area contributed by atoms with E-state index in [1.807, 2.05) is 53.4 Å². The van der Waals surface area contributed by atoms with E-state index < -0.39 is 10.1 Å². The van der Waals surface area contributed by atoms with Gasteiger partial charge in [-0.25, -0.2) is 4.57 Å². The zero-order valence-corrected chi connectivity index (χ0v) is 12.8. The molecule has 5 nitrogen and oxygen atoms in total. The van der Waals surface area contributed by atoms with Crippen molar-refractivity contribution in [2.75, 3.05) is 5.75 Å². The lowest BCUT2D eigenvalue weighted by molar-refractivity contribution is -0.696. The smallest absolute Gasteiger partial charge is 0.265 e. The molecule has 2 rings (SSSR count). The van der Waals surface area contributed by atoms with Gasteiger partial charge in [0, 0.05) is 18.6 Å². The minimum atomic E-state index is -3.89. The van der Waals surface area contributed by atoms with Crippen LogP contribution in [0.1, 0.15) is 17.5 Å². The molecule has 22 heavy (non-hydrogen) atoms. The molecule has 1 heterocycles. The highest BCUT2D eigenvalue weighted by Crippen LogP contribution is 2.12. The van der Waals surface area contributed by atoms with Gasteiger partial charge in [0.25, 0.3) is 10.1 Å². The SMILES string of the molecule is O=S(=O)(O)CCC[n+]1ccc(/C=C/c2ccc(O)cc2)cc1. The number of phenols is 1. The molecule has 1 aromatic heterocycles. The quantitative estimate of drug-likeness (QED) is 0.631. The van der Waals surface area contributed by atoms with Crippen molar-refractivity contribution in [2.45, 2.75) is 13.0 Å². The molecule has 0 fully saturated rings. The summed E-state index contributed by atoms with van der Waals surface area (Å²) < 4.78 is 31.8. The highest BCUT2D eigenvalue weighted by molar-refractivity contribution is 7.85. The zero-order chi connectivity index (χ0) is 16.0. The maximum atomic E-state index is 10.6. The second-order valence-corrected chi connectivity index (χ2v) is 6.51. The summed E-state index contributed by atoms with van der Waals surface area (Å²) in [6.07, 6.45) is 7.99. The summed E-state index contributed by atoms with van der Waals surface area (Å²) in [7, 11) is -3.89. The fourth-order valence-corrected chi connectivity index (χ4v) is 2.43. The summed E-state index contributed by atoms with van der Waals surface area (Å²) >= 11 is 0. The predicted molar refractivity (Wildman–Crippen MR) is 84.7 cm³/mol. The molecular weight excluding hydrogens is 302 g/mol. The third-order valence-corrected chi connectivity index (χ3v) is 3.90. The molecule has 6 heteroatoms. The highest BCUT2D eigenvalue weighted by Gasteiger charge is 2.07. The maximum absolute atomic E-state index is 10.6. The number of rotatable bonds is 6. The van der Waals surface area contributed by atoms with Crippen molar-refractivity contribution in [3.63, 3.8) is 0 Å². The summed E-state index contributed by atoms with van der Waals surface area (Å²) in [5.41, 5.74) is 2.00. The number of aromatic nitrogens is 1. The number of hydrogen-bond donors (Lipinski definition) is 2.